The number of fused-ring (bicyclic) bond motifs is 1. The van der Waals surface area contributed by atoms with E-state index in [0.29, 0.717) is 13.2 Å². The van der Waals surface area contributed by atoms with E-state index in [2.05, 4.69) is 30.3 Å². The Bertz CT molecular complexity index is 912. The van der Waals surface area contributed by atoms with Gasteiger partial charge in [0, 0.05) is 5.56 Å². The lowest BCUT2D eigenvalue weighted by molar-refractivity contribution is 0.306. The van der Waals surface area contributed by atoms with E-state index in [0.717, 1.165) is 39.5 Å². The van der Waals surface area contributed by atoms with E-state index in [1.54, 1.807) is 7.11 Å². The van der Waals surface area contributed by atoms with Gasteiger partial charge in [0.05, 0.1) is 7.11 Å². The van der Waals surface area contributed by atoms with Crippen molar-refractivity contribution in [3.8, 4) is 17.2 Å². The fourth-order valence-corrected chi connectivity index (χ4v) is 3.01. The van der Waals surface area contributed by atoms with Crippen LogP contribution < -0.4 is 14.2 Å². The zero-order valence-electron chi connectivity index (χ0n) is 14.6. The number of hydrogen-bond donors (Lipinski definition) is 0. The molecule has 0 atom stereocenters. The second-order valence-corrected chi connectivity index (χ2v) is 6.14. The van der Waals surface area contributed by atoms with Crippen LogP contribution in [0.3, 0.4) is 0 Å². The molecule has 26 heavy (non-hydrogen) atoms. The number of ether oxygens (including phenoxy) is 3. The van der Waals surface area contributed by atoms with Crippen molar-refractivity contribution in [2.75, 3.05) is 13.7 Å². The molecule has 3 aromatic rings. The Morgan fingerprint density at radius 3 is 2.46 bits per heavy atom. The highest BCUT2D eigenvalue weighted by Crippen LogP contribution is 2.37. The van der Waals surface area contributed by atoms with Crippen LogP contribution in [0.2, 0.25) is 0 Å². The van der Waals surface area contributed by atoms with Crippen molar-refractivity contribution in [3.05, 3.63) is 89.5 Å². The number of para-hydroxylation sites is 1. The van der Waals surface area contributed by atoms with Crippen LogP contribution in [0.4, 0.5) is 0 Å². The first kappa shape index (κ1) is 16.3. The minimum Gasteiger partial charge on any atom is -0.493 e. The smallest absolute Gasteiger partial charge is 0.168 e. The Morgan fingerprint density at radius 2 is 1.69 bits per heavy atom. The van der Waals surface area contributed by atoms with Crippen LogP contribution >= 0.6 is 0 Å². The van der Waals surface area contributed by atoms with Crippen LogP contribution in [0, 0.1) is 0 Å². The highest BCUT2D eigenvalue weighted by atomic mass is 16.5. The average Bonchev–Trinajstić information content (AvgIpc) is 2.72. The normalized spacial score (nSPS) is 12.6. The van der Waals surface area contributed by atoms with Gasteiger partial charge < -0.3 is 14.2 Å². The quantitative estimate of drug-likeness (QED) is 0.636. The lowest BCUT2D eigenvalue weighted by Crippen LogP contribution is -2.07. The molecule has 0 aliphatic carbocycles. The van der Waals surface area contributed by atoms with E-state index < -0.39 is 0 Å². The largest absolute Gasteiger partial charge is 0.493 e. The summed E-state index contributed by atoms with van der Waals surface area (Å²) in [5, 5.41) is 0. The summed E-state index contributed by atoms with van der Waals surface area (Å²) < 4.78 is 17.1. The van der Waals surface area contributed by atoms with Crippen molar-refractivity contribution in [2.24, 2.45) is 0 Å². The summed E-state index contributed by atoms with van der Waals surface area (Å²) in [5.74, 6) is 2.43. The molecule has 3 nitrogen and oxygen atoms in total. The molecule has 0 aromatic heterocycles. The maximum atomic E-state index is 5.92. The monoisotopic (exact) mass is 344 g/mol. The minimum absolute atomic E-state index is 0.525. The number of hydrogen-bond acceptors (Lipinski definition) is 3. The lowest BCUT2D eigenvalue weighted by Gasteiger charge is -2.20. The van der Waals surface area contributed by atoms with Gasteiger partial charge >= 0.3 is 0 Å². The van der Waals surface area contributed by atoms with Crippen molar-refractivity contribution in [3.63, 3.8) is 0 Å². The second-order valence-electron chi connectivity index (χ2n) is 6.14. The van der Waals surface area contributed by atoms with Crippen LogP contribution in [0.5, 0.6) is 17.2 Å². The molecule has 0 saturated heterocycles. The van der Waals surface area contributed by atoms with E-state index in [1.165, 1.54) is 0 Å². The molecule has 0 unspecified atom stereocenters. The molecule has 0 N–H and O–H groups in total. The summed E-state index contributed by atoms with van der Waals surface area (Å²) in [7, 11) is 1.66. The fourth-order valence-electron chi connectivity index (χ4n) is 3.01. The number of methoxy groups -OCH3 is 1. The SMILES string of the molecule is COc1cccc2c1OCC(c1ccc(OCc3ccccc3)cc1)=C2. The van der Waals surface area contributed by atoms with Gasteiger partial charge in [0.1, 0.15) is 19.0 Å². The molecule has 0 fully saturated rings. The summed E-state index contributed by atoms with van der Waals surface area (Å²) >= 11 is 0. The van der Waals surface area contributed by atoms with Gasteiger partial charge in [-0.05, 0) is 41.0 Å². The number of benzene rings is 3. The van der Waals surface area contributed by atoms with Crippen LogP contribution in [0.15, 0.2) is 72.8 Å². The fraction of sp³-hybridized carbons (Fsp3) is 0.130. The molecule has 0 amide bonds. The first-order valence-corrected chi connectivity index (χ1v) is 8.61. The highest BCUT2D eigenvalue weighted by molar-refractivity contribution is 5.86. The van der Waals surface area contributed by atoms with Crippen LogP contribution in [0.25, 0.3) is 11.6 Å². The molecule has 0 bridgehead atoms. The van der Waals surface area contributed by atoms with Gasteiger partial charge in [-0.2, -0.15) is 0 Å². The molecule has 0 radical (unpaired) electrons. The van der Waals surface area contributed by atoms with Crippen molar-refractivity contribution in [2.45, 2.75) is 6.61 Å². The molecular formula is C23H20O3. The molecule has 1 heterocycles. The molecule has 3 heteroatoms. The van der Waals surface area contributed by atoms with Gasteiger partial charge in [-0.25, -0.2) is 0 Å². The van der Waals surface area contributed by atoms with E-state index in [9.17, 15) is 0 Å². The topological polar surface area (TPSA) is 27.7 Å². The third kappa shape index (κ3) is 3.42. The van der Waals surface area contributed by atoms with E-state index in [4.69, 9.17) is 14.2 Å². The van der Waals surface area contributed by atoms with Gasteiger partial charge in [-0.15, -0.1) is 0 Å². The average molecular weight is 344 g/mol. The summed E-state index contributed by atoms with van der Waals surface area (Å²) in [5.41, 5.74) is 4.46. The van der Waals surface area contributed by atoms with Gasteiger partial charge in [0.15, 0.2) is 11.5 Å². The summed E-state index contributed by atoms with van der Waals surface area (Å²) in [4.78, 5) is 0. The molecule has 0 spiro atoms. The van der Waals surface area contributed by atoms with E-state index in [-0.39, 0.29) is 0 Å². The van der Waals surface area contributed by atoms with Gasteiger partial charge in [-0.3, -0.25) is 0 Å². The van der Waals surface area contributed by atoms with Crippen LogP contribution in [0.1, 0.15) is 16.7 Å². The summed E-state index contributed by atoms with van der Waals surface area (Å²) in [6.07, 6.45) is 2.15. The Morgan fingerprint density at radius 1 is 0.885 bits per heavy atom. The molecule has 1 aliphatic heterocycles. The predicted molar refractivity (Wildman–Crippen MR) is 104 cm³/mol. The van der Waals surface area contributed by atoms with Crippen LogP contribution in [-0.2, 0) is 6.61 Å². The molecule has 4 rings (SSSR count). The van der Waals surface area contributed by atoms with Crippen molar-refractivity contribution < 1.29 is 14.2 Å². The Labute approximate surface area is 153 Å². The maximum Gasteiger partial charge on any atom is 0.168 e. The Balaban J connectivity index is 1.49. The third-order valence-corrected chi connectivity index (χ3v) is 4.40. The standard InChI is InChI=1S/C23H20O3/c1-24-22-9-5-8-19-14-20(16-26-23(19)22)18-10-12-21(13-11-18)25-15-17-6-3-2-4-7-17/h2-14H,15-16H2,1H3. The summed E-state index contributed by atoms with van der Waals surface area (Å²) in [6, 6.07) is 24.2. The van der Waals surface area contributed by atoms with Crippen molar-refractivity contribution in [1.29, 1.82) is 0 Å². The second kappa shape index (κ2) is 7.36. The van der Waals surface area contributed by atoms with Crippen LogP contribution in [-0.4, -0.2) is 13.7 Å². The number of rotatable bonds is 5. The zero-order valence-corrected chi connectivity index (χ0v) is 14.6. The highest BCUT2D eigenvalue weighted by Gasteiger charge is 2.16. The predicted octanol–water partition coefficient (Wildman–Crippen LogP) is 5.21. The van der Waals surface area contributed by atoms with Gasteiger partial charge in [0.25, 0.3) is 0 Å². The summed E-state index contributed by atoms with van der Waals surface area (Å²) in [6.45, 7) is 1.09. The molecular weight excluding hydrogens is 324 g/mol. The van der Waals surface area contributed by atoms with Crippen molar-refractivity contribution in [1.82, 2.24) is 0 Å². The van der Waals surface area contributed by atoms with Crippen molar-refractivity contribution >= 4 is 11.6 Å². The van der Waals surface area contributed by atoms with Gasteiger partial charge in [-0.1, -0.05) is 54.6 Å². The Hall–Kier alpha value is -3.20. The van der Waals surface area contributed by atoms with Gasteiger partial charge in [0.2, 0.25) is 0 Å². The molecule has 0 saturated carbocycles. The van der Waals surface area contributed by atoms with E-state index >= 15 is 0 Å². The molecule has 1 aliphatic rings. The maximum absolute atomic E-state index is 5.92. The Kier molecular flexibility index (Phi) is 4.61. The first-order valence-electron chi connectivity index (χ1n) is 8.61. The first-order chi connectivity index (χ1) is 12.8. The third-order valence-electron chi connectivity index (χ3n) is 4.40. The minimum atomic E-state index is 0.525. The lowest BCUT2D eigenvalue weighted by atomic mass is 10.0. The molecule has 130 valence electrons. The van der Waals surface area contributed by atoms with E-state index in [1.807, 2.05) is 48.5 Å². The molecule has 3 aromatic carbocycles. The zero-order chi connectivity index (χ0) is 17.8.